The second kappa shape index (κ2) is 5.14. The van der Waals surface area contributed by atoms with E-state index in [-0.39, 0.29) is 0 Å². The lowest BCUT2D eigenvalue weighted by Crippen LogP contribution is -2.11. The number of rotatable bonds is 3. The van der Waals surface area contributed by atoms with Crippen molar-refractivity contribution in [1.82, 2.24) is 14.8 Å². The fourth-order valence-electron chi connectivity index (χ4n) is 1.48. The molecule has 0 aliphatic carbocycles. The molecule has 0 fully saturated rings. The van der Waals surface area contributed by atoms with Crippen molar-refractivity contribution < 1.29 is 0 Å². The Bertz CT molecular complexity index is 565. The number of hydrogen-bond acceptors (Lipinski definition) is 4. The molecule has 0 spiro atoms. The Kier molecular flexibility index (Phi) is 3.75. The van der Waals surface area contributed by atoms with E-state index < -0.39 is 0 Å². The molecule has 2 heterocycles. The van der Waals surface area contributed by atoms with Gasteiger partial charge >= 0.3 is 0 Å². The number of pyridine rings is 1. The number of aromatic nitrogens is 3. The first kappa shape index (κ1) is 13.1. The summed E-state index contributed by atoms with van der Waals surface area (Å²) in [6.45, 7) is 4.13. The maximum atomic E-state index is 6.11. The first-order valence-corrected chi connectivity index (χ1v) is 6.17. The molecule has 3 N–H and O–H groups in total. The van der Waals surface area contributed by atoms with Crippen LogP contribution in [0.2, 0.25) is 10.0 Å². The van der Waals surface area contributed by atoms with Crippen LogP contribution in [0.1, 0.15) is 25.5 Å². The zero-order valence-corrected chi connectivity index (χ0v) is 11.5. The van der Waals surface area contributed by atoms with Gasteiger partial charge in [0.05, 0.1) is 15.7 Å². The smallest absolute Gasteiger partial charge is 0.174 e. The molecule has 2 rings (SSSR count). The van der Waals surface area contributed by atoms with Crippen molar-refractivity contribution in [3.63, 3.8) is 0 Å². The third kappa shape index (κ3) is 2.43. The van der Waals surface area contributed by atoms with E-state index in [9.17, 15) is 0 Å². The van der Waals surface area contributed by atoms with Gasteiger partial charge in [0.2, 0.25) is 0 Å². The molecule has 2 aromatic heterocycles. The number of nitrogen functional groups attached to an aromatic ring is 1. The van der Waals surface area contributed by atoms with Gasteiger partial charge in [-0.3, -0.25) is 0 Å². The lowest BCUT2D eigenvalue weighted by Gasteiger charge is -2.08. The monoisotopic (exact) mass is 285 g/mol. The maximum absolute atomic E-state index is 6.11. The highest BCUT2D eigenvalue weighted by Gasteiger charge is 2.12. The van der Waals surface area contributed by atoms with Crippen LogP contribution in [0.4, 0.5) is 5.82 Å². The third-order valence-corrected chi connectivity index (χ3v) is 3.03. The van der Waals surface area contributed by atoms with Gasteiger partial charge in [-0.25, -0.2) is 15.5 Å². The van der Waals surface area contributed by atoms with Crippen LogP contribution in [0.25, 0.3) is 5.82 Å². The number of halogens is 2. The number of hydrogen-bond donors (Lipinski definition) is 2. The molecule has 0 aromatic carbocycles. The summed E-state index contributed by atoms with van der Waals surface area (Å²) in [4.78, 5) is 4.23. The van der Waals surface area contributed by atoms with Crippen LogP contribution in [0, 0.1) is 0 Å². The number of nitrogens with one attached hydrogen (secondary N) is 1. The van der Waals surface area contributed by atoms with Gasteiger partial charge in [-0.15, -0.1) is 0 Å². The molecule has 0 saturated carbocycles. The van der Waals surface area contributed by atoms with E-state index in [0.29, 0.717) is 27.6 Å². The van der Waals surface area contributed by atoms with Gasteiger partial charge in [0.25, 0.3) is 0 Å². The normalized spacial score (nSPS) is 11.0. The number of anilines is 1. The molecule has 0 aliphatic heterocycles. The quantitative estimate of drug-likeness (QED) is 0.672. The standard InChI is InChI=1S/C11H13Cl2N5/c1-6(2)9-3-4-18(17-9)11-8(13)5-7(12)10(15-11)16-14/h3-6H,14H2,1-2H3,(H,15,16). The number of nitrogens with zero attached hydrogens (tertiary/aromatic N) is 3. The molecular weight excluding hydrogens is 273 g/mol. The van der Waals surface area contributed by atoms with Crippen LogP contribution in [-0.2, 0) is 0 Å². The Labute approximate surface area is 115 Å². The molecule has 0 atom stereocenters. The molecule has 0 unspecified atom stereocenters. The average molecular weight is 286 g/mol. The predicted molar refractivity (Wildman–Crippen MR) is 73.3 cm³/mol. The van der Waals surface area contributed by atoms with Gasteiger partial charge in [-0.1, -0.05) is 37.0 Å². The second-order valence-corrected chi connectivity index (χ2v) is 4.92. The largest absolute Gasteiger partial charge is 0.307 e. The van der Waals surface area contributed by atoms with Crippen LogP contribution >= 0.6 is 23.2 Å². The van der Waals surface area contributed by atoms with Crippen molar-refractivity contribution in [3.05, 3.63) is 34.1 Å². The van der Waals surface area contributed by atoms with Crippen molar-refractivity contribution in [1.29, 1.82) is 0 Å². The Morgan fingerprint density at radius 3 is 2.61 bits per heavy atom. The molecule has 0 saturated heterocycles. The van der Waals surface area contributed by atoms with Crippen molar-refractivity contribution in [2.24, 2.45) is 5.84 Å². The fourth-order valence-corrected chi connectivity index (χ4v) is 1.98. The van der Waals surface area contributed by atoms with Crippen molar-refractivity contribution in [3.8, 4) is 5.82 Å². The molecule has 0 radical (unpaired) electrons. The third-order valence-electron chi connectivity index (χ3n) is 2.47. The summed E-state index contributed by atoms with van der Waals surface area (Å²) in [5.74, 6) is 6.51. The van der Waals surface area contributed by atoms with E-state index in [1.807, 2.05) is 6.07 Å². The molecule has 96 valence electrons. The van der Waals surface area contributed by atoms with Gasteiger partial charge in [0.1, 0.15) is 0 Å². The van der Waals surface area contributed by atoms with E-state index >= 15 is 0 Å². The Balaban J connectivity index is 2.49. The summed E-state index contributed by atoms with van der Waals surface area (Å²) in [7, 11) is 0. The van der Waals surface area contributed by atoms with E-state index in [1.54, 1.807) is 16.9 Å². The zero-order valence-electron chi connectivity index (χ0n) is 9.98. The fraction of sp³-hybridized carbons (Fsp3) is 0.273. The van der Waals surface area contributed by atoms with E-state index in [0.717, 1.165) is 5.69 Å². The lowest BCUT2D eigenvalue weighted by atomic mass is 10.1. The van der Waals surface area contributed by atoms with Crippen LogP contribution in [0.3, 0.4) is 0 Å². The topological polar surface area (TPSA) is 68.8 Å². The minimum absolute atomic E-state index is 0.337. The highest BCUT2D eigenvalue weighted by atomic mass is 35.5. The average Bonchev–Trinajstić information content (AvgIpc) is 2.78. The van der Waals surface area contributed by atoms with E-state index in [2.05, 4.69) is 29.4 Å². The number of nitrogens with two attached hydrogens (primary N) is 1. The second-order valence-electron chi connectivity index (χ2n) is 4.11. The van der Waals surface area contributed by atoms with Gasteiger partial charge in [0, 0.05) is 6.20 Å². The van der Waals surface area contributed by atoms with E-state index in [4.69, 9.17) is 29.0 Å². The molecule has 2 aromatic rings. The molecule has 5 nitrogen and oxygen atoms in total. The van der Waals surface area contributed by atoms with Gasteiger partial charge in [-0.05, 0) is 18.1 Å². The first-order valence-electron chi connectivity index (χ1n) is 5.41. The summed E-state index contributed by atoms with van der Waals surface area (Å²) in [5.41, 5.74) is 3.38. The van der Waals surface area contributed by atoms with Crippen molar-refractivity contribution >= 4 is 29.0 Å². The molecular formula is C11H13Cl2N5. The zero-order chi connectivity index (χ0) is 13.3. The Hall–Kier alpha value is -1.30. The van der Waals surface area contributed by atoms with Crippen LogP contribution in [0.15, 0.2) is 18.3 Å². The van der Waals surface area contributed by atoms with Crippen molar-refractivity contribution in [2.45, 2.75) is 19.8 Å². The Morgan fingerprint density at radius 1 is 1.33 bits per heavy atom. The molecule has 0 aliphatic rings. The summed E-state index contributed by atoms with van der Waals surface area (Å²) in [6, 6.07) is 3.50. The predicted octanol–water partition coefficient (Wildman–Crippen LogP) is 2.98. The van der Waals surface area contributed by atoms with Crippen LogP contribution < -0.4 is 11.3 Å². The summed E-state index contributed by atoms with van der Waals surface area (Å²) < 4.78 is 1.61. The highest BCUT2D eigenvalue weighted by molar-refractivity contribution is 6.36. The Morgan fingerprint density at radius 2 is 2.06 bits per heavy atom. The SMILES string of the molecule is CC(C)c1ccn(-c2nc(NN)c(Cl)cc2Cl)n1. The molecule has 0 bridgehead atoms. The lowest BCUT2D eigenvalue weighted by molar-refractivity contribution is 0.758. The van der Waals surface area contributed by atoms with E-state index in [1.165, 1.54) is 0 Å². The van der Waals surface area contributed by atoms with Crippen molar-refractivity contribution in [2.75, 3.05) is 5.43 Å². The number of hydrazine groups is 1. The van der Waals surface area contributed by atoms with Crippen LogP contribution in [0.5, 0.6) is 0 Å². The summed E-state index contributed by atoms with van der Waals surface area (Å²) in [6.07, 6.45) is 1.80. The summed E-state index contributed by atoms with van der Waals surface area (Å²) in [5, 5.41) is 5.18. The highest BCUT2D eigenvalue weighted by Crippen LogP contribution is 2.27. The molecule has 18 heavy (non-hydrogen) atoms. The molecule has 7 heteroatoms. The first-order chi connectivity index (χ1) is 8.52. The minimum Gasteiger partial charge on any atom is -0.307 e. The van der Waals surface area contributed by atoms with Gasteiger partial charge in [0.15, 0.2) is 11.6 Å². The summed E-state index contributed by atoms with van der Waals surface area (Å²) >= 11 is 12.0. The van der Waals surface area contributed by atoms with Gasteiger partial charge in [-0.2, -0.15) is 5.10 Å². The van der Waals surface area contributed by atoms with Gasteiger partial charge < -0.3 is 5.43 Å². The molecule has 0 amide bonds. The maximum Gasteiger partial charge on any atom is 0.174 e. The minimum atomic E-state index is 0.337. The van der Waals surface area contributed by atoms with Crippen LogP contribution in [-0.4, -0.2) is 14.8 Å².